The van der Waals surface area contributed by atoms with Gasteiger partial charge < -0.3 is 5.32 Å². The topological polar surface area (TPSA) is 84.0 Å². The van der Waals surface area contributed by atoms with Crippen molar-refractivity contribution in [3.63, 3.8) is 0 Å². The first-order chi connectivity index (χ1) is 14.6. The quantitative estimate of drug-likeness (QED) is 0.398. The predicted molar refractivity (Wildman–Crippen MR) is 122 cm³/mol. The molecule has 0 unspecified atom stereocenters. The zero-order valence-corrected chi connectivity index (χ0v) is 17.9. The molecule has 0 saturated carbocycles. The maximum atomic E-state index is 12.8. The first kappa shape index (κ1) is 19.9. The fourth-order valence-electron chi connectivity index (χ4n) is 2.72. The number of para-hydroxylation sites is 1. The van der Waals surface area contributed by atoms with Crippen LogP contribution in [0.5, 0.6) is 0 Å². The number of rotatable bonds is 5. The number of aromatic nitrogens is 2. The van der Waals surface area contributed by atoms with Crippen molar-refractivity contribution in [2.45, 2.75) is 0 Å². The highest BCUT2D eigenvalue weighted by atomic mass is 79.9. The molecule has 0 spiro atoms. The van der Waals surface area contributed by atoms with Gasteiger partial charge in [0.25, 0.3) is 11.8 Å². The lowest BCUT2D eigenvalue weighted by atomic mass is 10.1. The highest BCUT2D eigenvalue weighted by Gasteiger charge is 2.16. The van der Waals surface area contributed by atoms with Crippen molar-refractivity contribution in [3.8, 4) is 10.6 Å². The van der Waals surface area contributed by atoms with Crippen LogP contribution in [-0.2, 0) is 0 Å². The number of halogens is 1. The molecule has 30 heavy (non-hydrogen) atoms. The van der Waals surface area contributed by atoms with Gasteiger partial charge in [-0.25, -0.2) is 0 Å². The summed E-state index contributed by atoms with van der Waals surface area (Å²) >= 11 is 4.63. The van der Waals surface area contributed by atoms with Gasteiger partial charge in [-0.05, 0) is 36.4 Å². The van der Waals surface area contributed by atoms with E-state index < -0.39 is 0 Å². The number of hydrogen-bond acceptors (Lipinski definition) is 5. The maximum absolute atomic E-state index is 12.8. The predicted octanol–water partition coefficient (Wildman–Crippen LogP) is 5.47. The summed E-state index contributed by atoms with van der Waals surface area (Å²) in [5, 5.41) is 14.8. The molecule has 1 heterocycles. The summed E-state index contributed by atoms with van der Waals surface area (Å²) in [7, 11) is 0. The number of carbonyl (C=O) groups excluding carboxylic acids is 2. The minimum Gasteiger partial charge on any atom is -0.321 e. The fraction of sp³-hybridized carbons (Fsp3) is 0. The molecule has 3 aromatic carbocycles. The average molecular weight is 479 g/mol. The highest BCUT2D eigenvalue weighted by Crippen LogP contribution is 2.27. The van der Waals surface area contributed by atoms with E-state index in [4.69, 9.17) is 0 Å². The Kier molecular flexibility index (Phi) is 5.97. The fourth-order valence-corrected chi connectivity index (χ4v) is 3.73. The monoisotopic (exact) mass is 478 g/mol. The SMILES string of the molecule is O=C(Nc1ccccc1C(=O)Nc1nnc(-c2ccccc2)s1)c1ccc(Br)cc1. The zero-order chi connectivity index (χ0) is 20.9. The molecule has 0 radical (unpaired) electrons. The van der Waals surface area contributed by atoms with Gasteiger partial charge in [0.15, 0.2) is 0 Å². The molecular formula is C22H15BrN4O2S. The van der Waals surface area contributed by atoms with Crippen LogP contribution >= 0.6 is 27.3 Å². The van der Waals surface area contributed by atoms with Crippen molar-refractivity contribution < 1.29 is 9.59 Å². The average Bonchev–Trinajstić information content (AvgIpc) is 3.23. The molecule has 0 saturated heterocycles. The Bertz CT molecular complexity index is 1190. The van der Waals surface area contributed by atoms with Gasteiger partial charge in [0.2, 0.25) is 5.13 Å². The van der Waals surface area contributed by atoms with Crippen molar-refractivity contribution in [2.75, 3.05) is 10.6 Å². The maximum Gasteiger partial charge on any atom is 0.259 e. The first-order valence-corrected chi connectivity index (χ1v) is 10.6. The number of nitrogens with one attached hydrogen (secondary N) is 2. The Morgan fingerprint density at radius 1 is 0.767 bits per heavy atom. The summed E-state index contributed by atoms with van der Waals surface area (Å²) < 4.78 is 0.880. The summed E-state index contributed by atoms with van der Waals surface area (Å²) in [5.74, 6) is -0.678. The number of benzene rings is 3. The Morgan fingerprint density at radius 3 is 2.23 bits per heavy atom. The molecule has 0 aliphatic rings. The van der Waals surface area contributed by atoms with Gasteiger partial charge in [0.1, 0.15) is 5.01 Å². The van der Waals surface area contributed by atoms with Crippen LogP contribution in [0.3, 0.4) is 0 Å². The Labute approximate surface area is 185 Å². The third-order valence-electron chi connectivity index (χ3n) is 4.19. The van der Waals surface area contributed by atoms with E-state index in [2.05, 4.69) is 36.8 Å². The van der Waals surface area contributed by atoms with E-state index in [0.717, 1.165) is 10.0 Å². The molecule has 0 aliphatic carbocycles. The normalized spacial score (nSPS) is 10.4. The molecular weight excluding hydrogens is 464 g/mol. The lowest BCUT2D eigenvalue weighted by Crippen LogP contribution is -2.18. The van der Waals surface area contributed by atoms with E-state index >= 15 is 0 Å². The minimum absolute atomic E-state index is 0.301. The summed E-state index contributed by atoms with van der Waals surface area (Å²) in [6.45, 7) is 0. The molecule has 0 bridgehead atoms. The molecule has 4 aromatic rings. The van der Waals surface area contributed by atoms with Gasteiger partial charge in [0.05, 0.1) is 11.3 Å². The summed E-state index contributed by atoms with van der Waals surface area (Å²) in [4.78, 5) is 25.4. The standard InChI is InChI=1S/C22H15BrN4O2S/c23-16-12-10-14(11-13-16)19(28)24-18-9-5-4-8-17(18)20(29)25-22-27-26-21(30-22)15-6-2-1-3-7-15/h1-13H,(H,24,28)(H,25,27,29). The second-order valence-electron chi connectivity index (χ2n) is 6.24. The molecule has 6 nitrogen and oxygen atoms in total. The highest BCUT2D eigenvalue weighted by molar-refractivity contribution is 9.10. The van der Waals surface area contributed by atoms with Crippen molar-refractivity contribution in [3.05, 3.63) is 94.5 Å². The zero-order valence-electron chi connectivity index (χ0n) is 15.5. The van der Waals surface area contributed by atoms with Crippen LogP contribution in [0.15, 0.2) is 83.3 Å². The number of amides is 2. The van der Waals surface area contributed by atoms with E-state index in [9.17, 15) is 9.59 Å². The summed E-state index contributed by atoms with van der Waals surface area (Å²) in [6.07, 6.45) is 0. The first-order valence-electron chi connectivity index (χ1n) is 8.96. The van der Waals surface area contributed by atoms with Gasteiger partial charge in [-0.2, -0.15) is 0 Å². The van der Waals surface area contributed by atoms with Crippen LogP contribution in [0, 0.1) is 0 Å². The second kappa shape index (κ2) is 8.98. The minimum atomic E-state index is -0.377. The van der Waals surface area contributed by atoms with Gasteiger partial charge in [-0.3, -0.25) is 14.9 Å². The van der Waals surface area contributed by atoms with Crippen molar-refractivity contribution in [1.29, 1.82) is 0 Å². The van der Waals surface area contributed by atoms with Gasteiger partial charge in [-0.1, -0.05) is 69.7 Å². The summed E-state index contributed by atoms with van der Waals surface area (Å²) in [5.41, 5.74) is 2.16. The van der Waals surface area contributed by atoms with E-state index in [1.807, 2.05) is 30.3 Å². The van der Waals surface area contributed by atoms with Crippen LogP contribution in [-0.4, -0.2) is 22.0 Å². The third kappa shape index (κ3) is 4.61. The third-order valence-corrected chi connectivity index (χ3v) is 5.61. The van der Waals surface area contributed by atoms with Crippen molar-refractivity contribution in [1.82, 2.24) is 10.2 Å². The van der Waals surface area contributed by atoms with Gasteiger partial charge in [-0.15, -0.1) is 10.2 Å². The molecule has 1 aromatic heterocycles. The van der Waals surface area contributed by atoms with E-state index in [-0.39, 0.29) is 11.8 Å². The van der Waals surface area contributed by atoms with Crippen molar-refractivity contribution >= 4 is 49.9 Å². The smallest absolute Gasteiger partial charge is 0.259 e. The van der Waals surface area contributed by atoms with E-state index in [1.165, 1.54) is 11.3 Å². The second-order valence-corrected chi connectivity index (χ2v) is 8.13. The van der Waals surface area contributed by atoms with Crippen LogP contribution < -0.4 is 10.6 Å². The molecule has 2 N–H and O–H groups in total. The molecule has 0 fully saturated rings. The molecule has 2 amide bonds. The van der Waals surface area contributed by atoms with Crippen LogP contribution in [0.25, 0.3) is 10.6 Å². The lowest BCUT2D eigenvalue weighted by Gasteiger charge is -2.10. The lowest BCUT2D eigenvalue weighted by molar-refractivity contribution is 0.102. The van der Waals surface area contributed by atoms with E-state index in [1.54, 1.807) is 48.5 Å². The summed E-state index contributed by atoms with van der Waals surface area (Å²) in [6, 6.07) is 23.4. The molecule has 4 rings (SSSR count). The molecule has 0 aliphatic heterocycles. The molecule has 148 valence electrons. The Morgan fingerprint density at radius 2 is 1.47 bits per heavy atom. The van der Waals surface area contributed by atoms with Crippen LogP contribution in [0.2, 0.25) is 0 Å². The molecule has 0 atom stereocenters. The van der Waals surface area contributed by atoms with Gasteiger partial charge >= 0.3 is 0 Å². The largest absolute Gasteiger partial charge is 0.321 e. The Balaban J connectivity index is 1.50. The van der Waals surface area contributed by atoms with Crippen LogP contribution in [0.1, 0.15) is 20.7 Å². The number of carbonyl (C=O) groups is 2. The number of nitrogens with zero attached hydrogens (tertiary/aromatic N) is 2. The van der Waals surface area contributed by atoms with Gasteiger partial charge in [0, 0.05) is 15.6 Å². The number of hydrogen-bond donors (Lipinski definition) is 2. The number of anilines is 2. The van der Waals surface area contributed by atoms with E-state index in [0.29, 0.717) is 27.0 Å². The molecule has 8 heteroatoms. The van der Waals surface area contributed by atoms with Crippen molar-refractivity contribution in [2.24, 2.45) is 0 Å². The van der Waals surface area contributed by atoms with Crippen LogP contribution in [0.4, 0.5) is 10.8 Å². The Hall–Kier alpha value is -3.36.